The van der Waals surface area contributed by atoms with Crippen molar-refractivity contribution in [3.63, 3.8) is 0 Å². The Kier molecular flexibility index (Phi) is 11.2. The van der Waals surface area contributed by atoms with Crippen LogP contribution in [0, 0.1) is 0 Å². The van der Waals surface area contributed by atoms with Crippen LogP contribution in [0.2, 0.25) is 0 Å². The second-order valence-electron chi connectivity index (χ2n) is 23.5. The van der Waals surface area contributed by atoms with Crippen molar-refractivity contribution in [3.05, 3.63) is 266 Å². The van der Waals surface area contributed by atoms with Gasteiger partial charge in [-0.1, -0.05) is 198 Å². The van der Waals surface area contributed by atoms with Gasteiger partial charge in [0.15, 0.2) is 22.3 Å². The maximum atomic E-state index is 7.24. The lowest BCUT2D eigenvalue weighted by molar-refractivity contribution is 0.632. The van der Waals surface area contributed by atoms with E-state index in [9.17, 15) is 0 Å². The molecule has 0 N–H and O–H groups in total. The first-order chi connectivity index (χ1) is 42.3. The number of nitrogens with zero attached hydrogens (tertiary/aromatic N) is 2. The van der Waals surface area contributed by atoms with E-state index in [1.165, 1.54) is 11.1 Å². The number of fused-ring (bicyclic) bond motifs is 15. The normalized spacial score (nSPS) is 12.2. The van der Waals surface area contributed by atoms with Crippen molar-refractivity contribution in [2.45, 2.75) is 39.5 Å². The van der Waals surface area contributed by atoms with Crippen molar-refractivity contribution in [1.82, 2.24) is 0 Å². The molecule has 0 bridgehead atoms. The molecule has 17 rings (SSSR count). The molecule has 17 aromatic rings. The number of rotatable bonds is 10. The Labute approximate surface area is 495 Å². The van der Waals surface area contributed by atoms with Crippen molar-refractivity contribution in [1.29, 1.82) is 0 Å². The summed E-state index contributed by atoms with van der Waals surface area (Å²) in [6.07, 6.45) is 0. The average Bonchev–Trinajstić information content (AvgIpc) is 1.69. The summed E-state index contributed by atoms with van der Waals surface area (Å²) in [5, 5.41) is 13.1. The molecule has 0 saturated heterocycles. The first kappa shape index (κ1) is 49.8. The van der Waals surface area contributed by atoms with E-state index in [0.29, 0.717) is 0 Å². The fourth-order valence-electron chi connectivity index (χ4n) is 13.9. The van der Waals surface area contributed by atoms with Gasteiger partial charge >= 0.3 is 0 Å². The van der Waals surface area contributed by atoms with E-state index in [2.05, 4.69) is 292 Å². The van der Waals surface area contributed by atoms with Gasteiger partial charge in [-0.2, -0.15) is 0 Å². The molecular weight excluding hydrogens is 1050 g/mol. The lowest BCUT2D eigenvalue weighted by Gasteiger charge is -2.25. The summed E-state index contributed by atoms with van der Waals surface area (Å²) in [7, 11) is 0. The van der Waals surface area contributed by atoms with Gasteiger partial charge in [0.05, 0.1) is 11.4 Å². The minimum atomic E-state index is 0.195. The first-order valence-electron chi connectivity index (χ1n) is 29.8. The molecule has 0 fully saturated rings. The fraction of sp³-hybridized carbons (Fsp3) is 0.0750. The van der Waals surface area contributed by atoms with Gasteiger partial charge in [-0.25, -0.2) is 0 Å². The monoisotopic (exact) mass is 1110 g/mol. The highest BCUT2D eigenvalue weighted by Crippen LogP contribution is 2.51. The molecule has 0 amide bonds. The first-order valence-corrected chi connectivity index (χ1v) is 29.8. The van der Waals surface area contributed by atoms with E-state index >= 15 is 0 Å². The van der Waals surface area contributed by atoms with Crippen molar-refractivity contribution < 1.29 is 17.7 Å². The lowest BCUT2D eigenvalue weighted by atomic mass is 9.84. The molecule has 4 aromatic heterocycles. The van der Waals surface area contributed by atoms with Gasteiger partial charge in [-0.15, -0.1) is 0 Å². The Hall–Kier alpha value is -10.8. The van der Waals surface area contributed by atoms with Gasteiger partial charge in [-0.3, -0.25) is 0 Å². The molecule has 0 aliphatic heterocycles. The van der Waals surface area contributed by atoms with Crippen molar-refractivity contribution in [2.75, 3.05) is 9.80 Å². The quantitative estimate of drug-likeness (QED) is 0.136. The minimum Gasteiger partial charge on any atom is -0.453 e. The van der Waals surface area contributed by atoms with Crippen molar-refractivity contribution in [3.8, 4) is 22.3 Å². The maximum Gasteiger partial charge on any atom is 0.178 e. The Bertz CT molecular complexity index is 5190. The number of hydrogen-bond donors (Lipinski definition) is 0. The van der Waals surface area contributed by atoms with E-state index in [1.54, 1.807) is 0 Å². The molecule has 13 aromatic carbocycles. The highest BCUT2D eigenvalue weighted by Gasteiger charge is 2.29. The van der Waals surface area contributed by atoms with E-state index in [1.807, 2.05) is 0 Å². The molecule has 0 spiro atoms. The van der Waals surface area contributed by atoms with E-state index < -0.39 is 0 Å². The maximum absolute atomic E-state index is 7.24. The van der Waals surface area contributed by atoms with E-state index in [4.69, 9.17) is 17.7 Å². The van der Waals surface area contributed by atoms with E-state index in [-0.39, 0.29) is 11.8 Å². The summed E-state index contributed by atoms with van der Waals surface area (Å²) >= 11 is 0. The second-order valence-corrected chi connectivity index (χ2v) is 23.5. The summed E-state index contributed by atoms with van der Waals surface area (Å²) in [5.41, 5.74) is 19.6. The zero-order chi connectivity index (χ0) is 57.3. The summed E-state index contributed by atoms with van der Waals surface area (Å²) in [6, 6.07) is 90.6. The van der Waals surface area contributed by atoms with Gasteiger partial charge in [0.1, 0.15) is 22.3 Å². The molecule has 86 heavy (non-hydrogen) atoms. The van der Waals surface area contributed by atoms with Gasteiger partial charge in [0.2, 0.25) is 0 Å². The van der Waals surface area contributed by atoms with Gasteiger partial charge < -0.3 is 27.5 Å². The van der Waals surface area contributed by atoms with Crippen LogP contribution < -0.4 is 9.80 Å². The molecule has 0 aliphatic rings. The Morgan fingerprint density at radius 2 is 0.640 bits per heavy atom. The van der Waals surface area contributed by atoms with Crippen LogP contribution in [0.3, 0.4) is 0 Å². The van der Waals surface area contributed by atoms with Crippen LogP contribution in [0.4, 0.5) is 34.1 Å². The van der Waals surface area contributed by atoms with Crippen LogP contribution in [-0.2, 0) is 0 Å². The van der Waals surface area contributed by atoms with Gasteiger partial charge in [0.25, 0.3) is 0 Å². The zero-order valence-corrected chi connectivity index (χ0v) is 47.9. The summed E-state index contributed by atoms with van der Waals surface area (Å²) in [5.74, 6) is 0.390. The number of para-hydroxylation sites is 6. The highest BCUT2D eigenvalue weighted by atomic mass is 16.4. The summed E-state index contributed by atoms with van der Waals surface area (Å²) in [4.78, 5) is 4.63. The Morgan fingerprint density at radius 1 is 0.267 bits per heavy atom. The molecule has 6 nitrogen and oxygen atoms in total. The third-order valence-corrected chi connectivity index (χ3v) is 17.7. The Balaban J connectivity index is 0.823. The number of hydrogen-bond acceptors (Lipinski definition) is 6. The number of anilines is 6. The molecule has 410 valence electrons. The van der Waals surface area contributed by atoms with Crippen LogP contribution in [0.1, 0.15) is 50.7 Å². The predicted octanol–water partition coefficient (Wildman–Crippen LogP) is 24.1. The lowest BCUT2D eigenvalue weighted by Crippen LogP contribution is -2.10. The SMILES string of the molecule is CC(C)c1c(C(C)C)c2c3cc4ccc(N(c5ccccc5)c5cccc6c5oc5c(-c7ccccc7)cccc56)cc4cc3oc2c2oc3cc4cc(N(c5ccccc5)c5cccc6c5oc5c(-c7ccccc7)cccc56)ccc4cc3c12. The largest absolute Gasteiger partial charge is 0.453 e. The average molecular weight is 1110 g/mol. The van der Waals surface area contributed by atoms with Crippen LogP contribution in [0.25, 0.3) is 132 Å². The van der Waals surface area contributed by atoms with Crippen LogP contribution in [0.5, 0.6) is 0 Å². The fourth-order valence-corrected chi connectivity index (χ4v) is 13.9. The Morgan fingerprint density at radius 3 is 1.03 bits per heavy atom. The van der Waals surface area contributed by atoms with Crippen molar-refractivity contribution >= 4 is 143 Å². The standard InChI is InChI=1S/C80H56N2O4/c1-47(2)71-72(48(3)4)74-66-44-52-38-40-58(82(56-27-15-8-16-28-56)68-36-20-34-64-62-32-18-30-60(76(62)86-78(64)68)50-23-11-6-12-24-50)42-54(52)46-70(66)84-80(74)79-73(71)65-43-51-37-39-57(41-53(51)45-69(65)83-79)81(55-25-13-7-14-26-55)67-35-19-33-63-61-31-17-29-59(75(61)85-77(63)67)49-21-9-5-10-22-49/h5-48H,1-4H3. The molecule has 4 heterocycles. The highest BCUT2D eigenvalue weighted by molar-refractivity contribution is 6.25. The smallest absolute Gasteiger partial charge is 0.178 e. The molecule has 0 unspecified atom stereocenters. The molecule has 0 atom stereocenters. The minimum absolute atomic E-state index is 0.195. The summed E-state index contributed by atoms with van der Waals surface area (Å²) in [6.45, 7) is 9.25. The van der Waals surface area contributed by atoms with Crippen molar-refractivity contribution in [2.24, 2.45) is 0 Å². The zero-order valence-electron chi connectivity index (χ0n) is 47.9. The van der Waals surface area contributed by atoms with Crippen LogP contribution in [-0.4, -0.2) is 0 Å². The van der Waals surface area contributed by atoms with E-state index in [0.717, 1.165) is 166 Å². The predicted molar refractivity (Wildman–Crippen MR) is 359 cm³/mol. The van der Waals surface area contributed by atoms with Gasteiger partial charge in [0, 0.05) is 77.0 Å². The second kappa shape index (κ2) is 19.4. The summed E-state index contributed by atoms with van der Waals surface area (Å²) < 4.78 is 28.5. The molecule has 0 radical (unpaired) electrons. The molecular formula is C80H56N2O4. The van der Waals surface area contributed by atoms with Crippen LogP contribution >= 0.6 is 0 Å². The molecule has 6 heteroatoms. The third kappa shape index (κ3) is 7.65. The molecule has 0 saturated carbocycles. The topological polar surface area (TPSA) is 59.0 Å². The van der Waals surface area contributed by atoms with Gasteiger partial charge in [-0.05, 0) is 141 Å². The number of furan rings is 4. The van der Waals surface area contributed by atoms with Crippen LogP contribution in [0.15, 0.2) is 272 Å². The third-order valence-electron chi connectivity index (χ3n) is 17.7. The molecule has 0 aliphatic carbocycles. The number of benzene rings is 13.